The molecule has 2 aromatic heterocycles. The van der Waals surface area contributed by atoms with Gasteiger partial charge in [0.25, 0.3) is 0 Å². The quantitative estimate of drug-likeness (QED) is 0.767. The molecule has 20 heavy (non-hydrogen) atoms. The van der Waals surface area contributed by atoms with Crippen molar-refractivity contribution in [1.82, 2.24) is 15.0 Å². The highest BCUT2D eigenvalue weighted by molar-refractivity contribution is 7.09. The minimum absolute atomic E-state index is 0.369. The Morgan fingerprint density at radius 3 is 2.80 bits per heavy atom. The SMILES string of the molecule is CCOCc1nc(Cl)cc(N(C)Cc2csc(C)n2)n1. The lowest BCUT2D eigenvalue weighted by Gasteiger charge is -2.17. The number of rotatable bonds is 6. The molecule has 0 amide bonds. The van der Waals surface area contributed by atoms with Crippen LogP contribution in [0.4, 0.5) is 5.82 Å². The normalized spacial score (nSPS) is 10.8. The van der Waals surface area contributed by atoms with Gasteiger partial charge in [-0.1, -0.05) is 11.6 Å². The minimum atomic E-state index is 0.369. The Bertz CT molecular complexity index is 575. The molecule has 0 bridgehead atoms. The monoisotopic (exact) mass is 312 g/mol. The molecule has 7 heteroatoms. The number of aryl methyl sites for hydroxylation is 1. The lowest BCUT2D eigenvalue weighted by Crippen LogP contribution is -2.19. The van der Waals surface area contributed by atoms with E-state index in [0.717, 1.165) is 16.5 Å². The van der Waals surface area contributed by atoms with Crippen molar-refractivity contribution in [3.8, 4) is 0 Å². The van der Waals surface area contributed by atoms with E-state index < -0.39 is 0 Å². The van der Waals surface area contributed by atoms with E-state index in [2.05, 4.69) is 20.3 Å². The van der Waals surface area contributed by atoms with Gasteiger partial charge >= 0.3 is 0 Å². The van der Waals surface area contributed by atoms with E-state index in [-0.39, 0.29) is 0 Å². The van der Waals surface area contributed by atoms with Gasteiger partial charge in [-0.3, -0.25) is 0 Å². The molecule has 0 N–H and O–H groups in total. The van der Waals surface area contributed by atoms with E-state index in [1.165, 1.54) is 0 Å². The van der Waals surface area contributed by atoms with Crippen molar-refractivity contribution in [3.05, 3.63) is 33.1 Å². The Hall–Kier alpha value is -1.24. The second-order valence-corrected chi connectivity index (χ2v) is 5.77. The number of anilines is 1. The lowest BCUT2D eigenvalue weighted by atomic mass is 10.4. The van der Waals surface area contributed by atoms with Gasteiger partial charge in [0.05, 0.1) is 17.2 Å². The first-order valence-corrected chi connectivity index (χ1v) is 7.57. The molecule has 0 saturated carbocycles. The summed E-state index contributed by atoms with van der Waals surface area (Å²) in [7, 11) is 1.96. The molecule has 2 rings (SSSR count). The van der Waals surface area contributed by atoms with Crippen LogP contribution in [0.3, 0.4) is 0 Å². The van der Waals surface area contributed by atoms with Crippen LogP contribution >= 0.6 is 22.9 Å². The van der Waals surface area contributed by atoms with Crippen LogP contribution in [0.25, 0.3) is 0 Å². The van der Waals surface area contributed by atoms with Crippen molar-refractivity contribution >= 4 is 28.8 Å². The maximum absolute atomic E-state index is 6.03. The van der Waals surface area contributed by atoms with Crippen LogP contribution in [0.5, 0.6) is 0 Å². The summed E-state index contributed by atoms with van der Waals surface area (Å²) in [5, 5.41) is 3.53. The number of thiazole rings is 1. The summed E-state index contributed by atoms with van der Waals surface area (Å²) >= 11 is 7.68. The number of ether oxygens (including phenoxy) is 1. The van der Waals surface area contributed by atoms with Gasteiger partial charge in [0.1, 0.15) is 17.6 Å². The maximum Gasteiger partial charge on any atom is 0.158 e. The Morgan fingerprint density at radius 1 is 1.35 bits per heavy atom. The molecule has 2 heterocycles. The summed E-state index contributed by atoms with van der Waals surface area (Å²) in [6.45, 7) is 5.61. The first-order valence-electron chi connectivity index (χ1n) is 6.32. The van der Waals surface area contributed by atoms with Gasteiger partial charge in [0.2, 0.25) is 0 Å². The molecule has 0 radical (unpaired) electrons. The van der Waals surface area contributed by atoms with Crippen LogP contribution in [0.2, 0.25) is 5.15 Å². The molecule has 0 aromatic carbocycles. The molecule has 0 unspecified atom stereocenters. The fraction of sp³-hybridized carbons (Fsp3) is 0.462. The average Bonchev–Trinajstić information content (AvgIpc) is 2.81. The molecule has 2 aromatic rings. The van der Waals surface area contributed by atoms with E-state index in [0.29, 0.717) is 30.7 Å². The Kier molecular flexibility index (Phi) is 5.28. The predicted molar refractivity (Wildman–Crippen MR) is 81.3 cm³/mol. The van der Waals surface area contributed by atoms with Crippen molar-refractivity contribution in [1.29, 1.82) is 0 Å². The zero-order valence-electron chi connectivity index (χ0n) is 11.8. The number of hydrogen-bond donors (Lipinski definition) is 0. The van der Waals surface area contributed by atoms with E-state index in [4.69, 9.17) is 16.3 Å². The summed E-state index contributed by atoms with van der Waals surface area (Å²) in [6.07, 6.45) is 0. The zero-order chi connectivity index (χ0) is 14.5. The van der Waals surface area contributed by atoms with Gasteiger partial charge in [-0.15, -0.1) is 11.3 Å². The van der Waals surface area contributed by atoms with Gasteiger partial charge in [0, 0.05) is 25.1 Å². The van der Waals surface area contributed by atoms with Crippen molar-refractivity contribution in [2.24, 2.45) is 0 Å². The van der Waals surface area contributed by atoms with Gasteiger partial charge < -0.3 is 9.64 Å². The standard InChI is InChI=1S/C13H17ClN4OS/c1-4-19-7-12-16-11(14)5-13(17-12)18(3)6-10-8-20-9(2)15-10/h5,8H,4,6-7H2,1-3H3. The molecular formula is C13H17ClN4OS. The molecule has 5 nitrogen and oxygen atoms in total. The maximum atomic E-state index is 6.03. The van der Waals surface area contributed by atoms with Crippen LogP contribution in [0.1, 0.15) is 23.4 Å². The molecule has 108 valence electrons. The third kappa shape index (κ3) is 4.13. The summed E-state index contributed by atoms with van der Waals surface area (Å²) in [5.74, 6) is 1.36. The van der Waals surface area contributed by atoms with Crippen LogP contribution in [-0.4, -0.2) is 28.6 Å². The molecule has 0 spiro atoms. The summed E-state index contributed by atoms with van der Waals surface area (Å²) in [5.41, 5.74) is 1.02. The topological polar surface area (TPSA) is 51.1 Å². The highest BCUT2D eigenvalue weighted by Crippen LogP contribution is 2.18. The van der Waals surface area contributed by atoms with E-state index >= 15 is 0 Å². The van der Waals surface area contributed by atoms with Crippen molar-refractivity contribution in [2.45, 2.75) is 27.0 Å². The van der Waals surface area contributed by atoms with Gasteiger partial charge in [0.15, 0.2) is 5.82 Å². The first-order chi connectivity index (χ1) is 9.58. The Morgan fingerprint density at radius 2 is 2.15 bits per heavy atom. The molecule has 0 atom stereocenters. The van der Waals surface area contributed by atoms with Crippen LogP contribution in [0.15, 0.2) is 11.4 Å². The number of halogens is 1. The van der Waals surface area contributed by atoms with Gasteiger partial charge in [-0.2, -0.15) is 0 Å². The molecule has 0 aliphatic rings. The molecule has 0 aliphatic carbocycles. The summed E-state index contributed by atoms with van der Waals surface area (Å²) < 4.78 is 5.32. The predicted octanol–water partition coefficient (Wildman–Crippen LogP) is 3.07. The molecule has 0 aliphatic heterocycles. The average molecular weight is 313 g/mol. The fourth-order valence-corrected chi connectivity index (χ4v) is 2.51. The van der Waals surface area contributed by atoms with E-state index in [1.807, 2.05) is 25.8 Å². The third-order valence-corrected chi connectivity index (χ3v) is 3.64. The highest BCUT2D eigenvalue weighted by Gasteiger charge is 2.10. The minimum Gasteiger partial charge on any atom is -0.374 e. The van der Waals surface area contributed by atoms with Gasteiger partial charge in [-0.25, -0.2) is 15.0 Å². The van der Waals surface area contributed by atoms with Crippen molar-refractivity contribution in [3.63, 3.8) is 0 Å². The fourth-order valence-electron chi connectivity index (χ4n) is 1.71. The lowest BCUT2D eigenvalue weighted by molar-refractivity contribution is 0.128. The van der Waals surface area contributed by atoms with Crippen LogP contribution < -0.4 is 4.90 Å². The number of nitrogens with zero attached hydrogens (tertiary/aromatic N) is 4. The number of hydrogen-bond acceptors (Lipinski definition) is 6. The Labute approximate surface area is 127 Å². The van der Waals surface area contributed by atoms with Crippen LogP contribution in [0, 0.1) is 6.92 Å². The highest BCUT2D eigenvalue weighted by atomic mass is 35.5. The van der Waals surface area contributed by atoms with Crippen LogP contribution in [-0.2, 0) is 17.9 Å². The summed E-state index contributed by atoms with van der Waals surface area (Å²) in [6, 6.07) is 1.75. The molecular weight excluding hydrogens is 296 g/mol. The van der Waals surface area contributed by atoms with Crippen molar-refractivity contribution in [2.75, 3.05) is 18.6 Å². The smallest absolute Gasteiger partial charge is 0.158 e. The van der Waals surface area contributed by atoms with E-state index in [9.17, 15) is 0 Å². The Balaban J connectivity index is 2.12. The zero-order valence-corrected chi connectivity index (χ0v) is 13.3. The van der Waals surface area contributed by atoms with Gasteiger partial charge in [-0.05, 0) is 13.8 Å². The number of aromatic nitrogens is 3. The van der Waals surface area contributed by atoms with Crippen molar-refractivity contribution < 1.29 is 4.74 Å². The first kappa shape index (κ1) is 15.2. The van der Waals surface area contributed by atoms with E-state index in [1.54, 1.807) is 17.4 Å². The third-order valence-electron chi connectivity index (χ3n) is 2.62. The second kappa shape index (κ2) is 6.97. The summed E-state index contributed by atoms with van der Waals surface area (Å²) in [4.78, 5) is 15.1. The largest absolute Gasteiger partial charge is 0.374 e. The second-order valence-electron chi connectivity index (χ2n) is 4.32. The molecule has 0 saturated heterocycles. The molecule has 0 fully saturated rings.